The Morgan fingerprint density at radius 3 is 2.55 bits per heavy atom. The molecule has 1 saturated heterocycles. The number of sulfonamides is 1. The molecule has 6 heteroatoms. The normalized spacial score (nSPS) is 24.0. The zero-order valence-corrected chi connectivity index (χ0v) is 14.1. The van der Waals surface area contributed by atoms with Crippen molar-refractivity contribution in [1.82, 2.24) is 4.72 Å². The SMILES string of the molecule is CC(C)S(=O)(=O)N[C@H]1CCCO[C@@H]1c1ccc(Br)cc1. The number of ether oxygens (including phenoxy) is 1. The Morgan fingerprint density at radius 1 is 1.30 bits per heavy atom. The first kappa shape index (κ1) is 15.9. The Bertz CT molecular complexity index is 542. The van der Waals surface area contributed by atoms with E-state index in [0.717, 1.165) is 22.9 Å². The van der Waals surface area contributed by atoms with E-state index in [4.69, 9.17) is 4.74 Å². The molecule has 0 bridgehead atoms. The van der Waals surface area contributed by atoms with Crippen LogP contribution in [0.3, 0.4) is 0 Å². The topological polar surface area (TPSA) is 55.4 Å². The third kappa shape index (κ3) is 3.81. The highest BCUT2D eigenvalue weighted by Crippen LogP contribution is 2.30. The minimum absolute atomic E-state index is 0.197. The number of rotatable bonds is 4. The molecule has 1 N–H and O–H groups in total. The zero-order valence-electron chi connectivity index (χ0n) is 11.7. The molecular formula is C14H20BrNO3S. The second-order valence-corrected chi connectivity index (χ2v) is 8.49. The summed E-state index contributed by atoms with van der Waals surface area (Å²) in [6.07, 6.45) is 1.45. The van der Waals surface area contributed by atoms with Crippen molar-refractivity contribution in [3.05, 3.63) is 34.3 Å². The molecule has 0 aromatic heterocycles. The van der Waals surface area contributed by atoms with Crippen molar-refractivity contribution in [3.8, 4) is 0 Å². The molecule has 112 valence electrons. The Morgan fingerprint density at radius 2 is 1.95 bits per heavy atom. The van der Waals surface area contributed by atoms with E-state index in [2.05, 4.69) is 20.7 Å². The van der Waals surface area contributed by atoms with Crippen LogP contribution in [0.2, 0.25) is 0 Å². The van der Waals surface area contributed by atoms with Crippen LogP contribution in [0.15, 0.2) is 28.7 Å². The largest absolute Gasteiger partial charge is 0.372 e. The van der Waals surface area contributed by atoms with E-state index in [1.54, 1.807) is 13.8 Å². The van der Waals surface area contributed by atoms with Crippen LogP contribution in [0.4, 0.5) is 0 Å². The Kier molecular flexibility index (Phi) is 5.23. The van der Waals surface area contributed by atoms with Crippen molar-refractivity contribution < 1.29 is 13.2 Å². The van der Waals surface area contributed by atoms with Crippen molar-refractivity contribution >= 4 is 26.0 Å². The Balaban J connectivity index is 2.19. The fourth-order valence-corrected chi connectivity index (χ4v) is 3.43. The fraction of sp³-hybridized carbons (Fsp3) is 0.571. The van der Waals surface area contributed by atoms with Crippen molar-refractivity contribution in [2.45, 2.75) is 44.1 Å². The predicted octanol–water partition coefficient (Wildman–Crippen LogP) is 3.00. The predicted molar refractivity (Wildman–Crippen MR) is 83.0 cm³/mol. The summed E-state index contributed by atoms with van der Waals surface area (Å²) in [5.74, 6) is 0. The van der Waals surface area contributed by atoms with E-state index in [1.165, 1.54) is 0 Å². The van der Waals surface area contributed by atoms with Gasteiger partial charge in [0.15, 0.2) is 0 Å². The van der Waals surface area contributed by atoms with Gasteiger partial charge in [0, 0.05) is 11.1 Å². The summed E-state index contributed by atoms with van der Waals surface area (Å²) in [6, 6.07) is 7.63. The van der Waals surface area contributed by atoms with Gasteiger partial charge < -0.3 is 4.74 Å². The molecule has 2 atom stereocenters. The molecule has 1 heterocycles. The second-order valence-electron chi connectivity index (χ2n) is 5.30. The van der Waals surface area contributed by atoms with Crippen molar-refractivity contribution in [1.29, 1.82) is 0 Å². The first-order valence-corrected chi connectivity index (χ1v) is 9.12. The van der Waals surface area contributed by atoms with Gasteiger partial charge in [-0.3, -0.25) is 0 Å². The summed E-state index contributed by atoms with van der Waals surface area (Å²) in [5, 5.41) is -0.435. The van der Waals surface area contributed by atoms with E-state index in [-0.39, 0.29) is 12.1 Å². The molecule has 1 fully saturated rings. The van der Waals surface area contributed by atoms with Crippen molar-refractivity contribution in [3.63, 3.8) is 0 Å². The van der Waals surface area contributed by atoms with E-state index in [9.17, 15) is 8.42 Å². The van der Waals surface area contributed by atoms with Crippen LogP contribution >= 0.6 is 15.9 Å². The van der Waals surface area contributed by atoms with Crippen LogP contribution in [0.1, 0.15) is 38.4 Å². The van der Waals surface area contributed by atoms with Crippen LogP contribution < -0.4 is 4.72 Å². The lowest BCUT2D eigenvalue weighted by molar-refractivity contribution is -0.00447. The highest BCUT2D eigenvalue weighted by atomic mass is 79.9. The monoisotopic (exact) mass is 361 g/mol. The molecule has 4 nitrogen and oxygen atoms in total. The van der Waals surface area contributed by atoms with E-state index in [1.807, 2.05) is 24.3 Å². The molecule has 0 spiro atoms. The van der Waals surface area contributed by atoms with Crippen LogP contribution in [-0.2, 0) is 14.8 Å². The van der Waals surface area contributed by atoms with Crippen molar-refractivity contribution in [2.24, 2.45) is 0 Å². The summed E-state index contributed by atoms with van der Waals surface area (Å²) in [6.45, 7) is 4.03. The zero-order chi connectivity index (χ0) is 14.8. The second kappa shape index (κ2) is 6.56. The maximum absolute atomic E-state index is 12.1. The quantitative estimate of drug-likeness (QED) is 0.896. The molecule has 0 radical (unpaired) electrons. The summed E-state index contributed by atoms with van der Waals surface area (Å²) in [7, 11) is -3.29. The molecule has 20 heavy (non-hydrogen) atoms. The standard InChI is InChI=1S/C14H20BrNO3S/c1-10(2)20(17,18)16-13-4-3-9-19-14(13)11-5-7-12(15)8-6-11/h5-8,10,13-14,16H,3-4,9H2,1-2H3/t13-,14+/m0/s1. The number of hydrogen-bond acceptors (Lipinski definition) is 3. The molecular weight excluding hydrogens is 342 g/mol. The highest BCUT2D eigenvalue weighted by molar-refractivity contribution is 9.10. The third-order valence-corrected chi connectivity index (χ3v) is 5.86. The van der Waals surface area contributed by atoms with Gasteiger partial charge in [0.1, 0.15) is 0 Å². The molecule has 0 amide bonds. The average Bonchev–Trinajstić information content (AvgIpc) is 2.40. The van der Waals surface area contributed by atoms with Crippen LogP contribution in [0, 0.1) is 0 Å². The fourth-order valence-electron chi connectivity index (χ4n) is 2.23. The van der Waals surface area contributed by atoms with Gasteiger partial charge in [-0.1, -0.05) is 28.1 Å². The number of benzene rings is 1. The van der Waals surface area contributed by atoms with E-state index in [0.29, 0.717) is 6.61 Å². The number of nitrogens with one attached hydrogen (secondary N) is 1. The van der Waals surface area contributed by atoms with E-state index >= 15 is 0 Å². The van der Waals surface area contributed by atoms with Gasteiger partial charge in [0.05, 0.1) is 17.4 Å². The average molecular weight is 362 g/mol. The lowest BCUT2D eigenvalue weighted by atomic mass is 9.97. The van der Waals surface area contributed by atoms with E-state index < -0.39 is 15.3 Å². The van der Waals surface area contributed by atoms with Crippen LogP contribution in [0.25, 0.3) is 0 Å². The smallest absolute Gasteiger partial charge is 0.214 e. The Labute approximate surface area is 129 Å². The Hall–Kier alpha value is -0.430. The molecule has 1 aromatic carbocycles. The first-order chi connectivity index (χ1) is 9.40. The van der Waals surface area contributed by atoms with Gasteiger partial charge in [-0.05, 0) is 44.4 Å². The van der Waals surface area contributed by atoms with Gasteiger partial charge in [-0.15, -0.1) is 0 Å². The third-order valence-electron chi connectivity index (χ3n) is 3.46. The van der Waals surface area contributed by atoms with Gasteiger partial charge in [-0.2, -0.15) is 0 Å². The minimum atomic E-state index is -3.29. The minimum Gasteiger partial charge on any atom is -0.372 e. The first-order valence-electron chi connectivity index (χ1n) is 6.78. The maximum atomic E-state index is 12.1. The summed E-state index contributed by atoms with van der Waals surface area (Å²) < 4.78 is 33.7. The van der Waals surface area contributed by atoms with Gasteiger partial charge in [0.2, 0.25) is 10.0 Å². The summed E-state index contributed by atoms with van der Waals surface area (Å²) in [4.78, 5) is 0. The van der Waals surface area contributed by atoms with Gasteiger partial charge in [-0.25, -0.2) is 13.1 Å². The molecule has 0 aliphatic carbocycles. The highest BCUT2D eigenvalue weighted by Gasteiger charge is 2.31. The molecule has 1 aromatic rings. The molecule has 2 rings (SSSR count). The lowest BCUT2D eigenvalue weighted by Crippen LogP contribution is -2.45. The number of hydrogen-bond donors (Lipinski definition) is 1. The lowest BCUT2D eigenvalue weighted by Gasteiger charge is -2.33. The van der Waals surface area contributed by atoms with Crippen LogP contribution in [0.5, 0.6) is 0 Å². The van der Waals surface area contributed by atoms with Gasteiger partial charge >= 0.3 is 0 Å². The van der Waals surface area contributed by atoms with Gasteiger partial charge in [0.25, 0.3) is 0 Å². The molecule has 0 saturated carbocycles. The molecule has 0 unspecified atom stereocenters. The summed E-state index contributed by atoms with van der Waals surface area (Å²) >= 11 is 3.40. The van der Waals surface area contributed by atoms with Crippen molar-refractivity contribution in [2.75, 3.05) is 6.61 Å². The number of halogens is 1. The summed E-state index contributed by atoms with van der Waals surface area (Å²) in [5.41, 5.74) is 1.00. The molecule has 1 aliphatic heterocycles. The maximum Gasteiger partial charge on any atom is 0.214 e. The molecule has 1 aliphatic rings. The van der Waals surface area contributed by atoms with Crippen LogP contribution in [-0.4, -0.2) is 26.3 Å².